The van der Waals surface area contributed by atoms with Crippen LogP contribution in [0, 0.1) is 0 Å². The van der Waals surface area contributed by atoms with Crippen molar-refractivity contribution in [3.63, 3.8) is 0 Å². The second-order valence-corrected chi connectivity index (χ2v) is 6.67. The summed E-state index contributed by atoms with van der Waals surface area (Å²) >= 11 is 5.71. The number of phenolic OH excluding ortho intramolecular Hbond substituents is 1. The van der Waals surface area contributed by atoms with Crippen LogP contribution < -0.4 is 0 Å². The molecule has 0 unspecified atom stereocenters. The summed E-state index contributed by atoms with van der Waals surface area (Å²) in [4.78, 5) is 3.86. The first-order valence-corrected chi connectivity index (χ1v) is 7.57. The Balaban J connectivity index is 2.23. The number of rotatable bonds is 4. The molecule has 0 fully saturated rings. The van der Waals surface area contributed by atoms with E-state index in [-0.39, 0.29) is 22.3 Å². The number of phenols is 1. The molecule has 0 saturated carbocycles. The van der Waals surface area contributed by atoms with Crippen LogP contribution in [0.2, 0.25) is 5.15 Å². The molecule has 0 aliphatic carbocycles. The van der Waals surface area contributed by atoms with Gasteiger partial charge in [0, 0.05) is 19.8 Å². The first kappa shape index (κ1) is 14.8. The van der Waals surface area contributed by atoms with Crippen molar-refractivity contribution in [1.82, 2.24) is 9.29 Å². The molecule has 0 bridgehead atoms. The van der Waals surface area contributed by atoms with Crippen molar-refractivity contribution >= 4 is 21.6 Å². The summed E-state index contributed by atoms with van der Waals surface area (Å²) in [5.74, 6) is 0.139. The molecule has 0 radical (unpaired) electrons. The van der Waals surface area contributed by atoms with E-state index in [0.29, 0.717) is 0 Å². The van der Waals surface area contributed by atoms with Crippen LogP contribution in [0.15, 0.2) is 47.5 Å². The van der Waals surface area contributed by atoms with Crippen LogP contribution in [0.25, 0.3) is 0 Å². The quantitative estimate of drug-likeness (QED) is 0.879. The average molecular weight is 313 g/mol. The predicted molar refractivity (Wildman–Crippen MR) is 76.0 cm³/mol. The Morgan fingerprint density at radius 2 is 1.90 bits per heavy atom. The molecule has 1 aromatic heterocycles. The summed E-state index contributed by atoms with van der Waals surface area (Å²) < 4.78 is 25.9. The van der Waals surface area contributed by atoms with Gasteiger partial charge in [-0.15, -0.1) is 0 Å². The SMILES string of the molecule is CN(Cc1ccc(O)cc1)S(=O)(=O)c1ccnc(Cl)c1. The van der Waals surface area contributed by atoms with Gasteiger partial charge in [0.15, 0.2) is 0 Å². The van der Waals surface area contributed by atoms with Gasteiger partial charge >= 0.3 is 0 Å². The smallest absolute Gasteiger partial charge is 0.243 e. The minimum Gasteiger partial charge on any atom is -0.508 e. The molecule has 1 heterocycles. The Hall–Kier alpha value is -1.63. The summed E-state index contributed by atoms with van der Waals surface area (Å²) in [6.45, 7) is 0.197. The van der Waals surface area contributed by atoms with Crippen molar-refractivity contribution in [2.75, 3.05) is 7.05 Å². The molecule has 5 nitrogen and oxygen atoms in total. The van der Waals surface area contributed by atoms with Gasteiger partial charge in [-0.3, -0.25) is 0 Å². The van der Waals surface area contributed by atoms with Crippen molar-refractivity contribution in [3.05, 3.63) is 53.3 Å². The first-order valence-electron chi connectivity index (χ1n) is 5.75. The lowest BCUT2D eigenvalue weighted by molar-refractivity contribution is 0.463. The summed E-state index contributed by atoms with van der Waals surface area (Å²) in [5.41, 5.74) is 0.772. The van der Waals surface area contributed by atoms with Crippen LogP contribution in [0.4, 0.5) is 0 Å². The fourth-order valence-corrected chi connectivity index (χ4v) is 3.08. The highest BCUT2D eigenvalue weighted by molar-refractivity contribution is 7.89. The maximum absolute atomic E-state index is 12.3. The number of hydrogen-bond acceptors (Lipinski definition) is 4. The number of nitrogens with zero attached hydrogens (tertiary/aromatic N) is 2. The highest BCUT2D eigenvalue weighted by Gasteiger charge is 2.21. The molecule has 0 aliphatic heterocycles. The van der Waals surface area contributed by atoms with Gasteiger partial charge in [0.1, 0.15) is 10.9 Å². The van der Waals surface area contributed by atoms with Crippen molar-refractivity contribution in [1.29, 1.82) is 0 Å². The fraction of sp³-hybridized carbons (Fsp3) is 0.154. The minimum absolute atomic E-state index is 0.0961. The molecule has 1 N–H and O–H groups in total. The van der Waals surface area contributed by atoms with E-state index in [1.54, 1.807) is 12.1 Å². The van der Waals surface area contributed by atoms with Gasteiger partial charge in [-0.25, -0.2) is 13.4 Å². The third kappa shape index (κ3) is 3.27. The van der Waals surface area contributed by atoms with Gasteiger partial charge in [0.2, 0.25) is 10.0 Å². The Labute approximate surface area is 122 Å². The largest absolute Gasteiger partial charge is 0.508 e. The Morgan fingerprint density at radius 3 is 2.50 bits per heavy atom. The van der Waals surface area contributed by atoms with E-state index >= 15 is 0 Å². The third-order valence-corrected chi connectivity index (χ3v) is 4.75. The van der Waals surface area contributed by atoms with Gasteiger partial charge in [-0.1, -0.05) is 23.7 Å². The third-order valence-electron chi connectivity index (χ3n) is 2.75. The molecule has 1 aromatic carbocycles. The summed E-state index contributed by atoms with van der Waals surface area (Å²) in [7, 11) is -2.14. The molecule has 0 saturated heterocycles. The average Bonchev–Trinajstić information content (AvgIpc) is 2.41. The zero-order chi connectivity index (χ0) is 14.8. The lowest BCUT2D eigenvalue weighted by Gasteiger charge is -2.17. The second kappa shape index (κ2) is 5.78. The van der Waals surface area contributed by atoms with E-state index in [1.807, 2.05) is 0 Å². The van der Waals surface area contributed by atoms with Gasteiger partial charge in [0.05, 0.1) is 4.90 Å². The van der Waals surface area contributed by atoms with Gasteiger partial charge in [-0.2, -0.15) is 4.31 Å². The first-order chi connectivity index (χ1) is 9.39. The van der Waals surface area contributed by atoms with Gasteiger partial charge < -0.3 is 5.11 Å². The summed E-state index contributed by atoms with van der Waals surface area (Å²) in [6, 6.07) is 9.07. The number of aromatic hydroxyl groups is 1. The molecule has 20 heavy (non-hydrogen) atoms. The van der Waals surface area contributed by atoms with Crippen LogP contribution in [0.5, 0.6) is 5.75 Å². The maximum Gasteiger partial charge on any atom is 0.243 e. The lowest BCUT2D eigenvalue weighted by atomic mass is 10.2. The number of halogens is 1. The number of aromatic nitrogens is 1. The monoisotopic (exact) mass is 312 g/mol. The second-order valence-electron chi connectivity index (χ2n) is 4.24. The van der Waals surface area contributed by atoms with E-state index < -0.39 is 10.0 Å². The zero-order valence-electron chi connectivity index (χ0n) is 10.7. The molecular weight excluding hydrogens is 300 g/mol. The minimum atomic E-state index is -3.62. The fourth-order valence-electron chi connectivity index (χ4n) is 1.67. The number of sulfonamides is 1. The maximum atomic E-state index is 12.3. The predicted octanol–water partition coefficient (Wildman–Crippen LogP) is 2.26. The standard InChI is InChI=1S/C13H13ClN2O3S/c1-16(9-10-2-4-11(17)5-3-10)20(18,19)12-6-7-15-13(14)8-12/h2-8,17H,9H2,1H3. The highest BCUT2D eigenvalue weighted by atomic mass is 35.5. The Kier molecular flexibility index (Phi) is 4.27. The number of benzene rings is 1. The van der Waals surface area contributed by atoms with Crippen molar-refractivity contribution in [2.24, 2.45) is 0 Å². The van der Waals surface area contributed by atoms with E-state index in [1.165, 1.54) is 41.8 Å². The van der Waals surface area contributed by atoms with Crippen LogP contribution in [-0.4, -0.2) is 29.9 Å². The molecule has 2 aromatic rings. The molecular formula is C13H13ClN2O3S. The summed E-state index contributed by atoms with van der Waals surface area (Å²) in [5, 5.41) is 9.33. The summed E-state index contributed by atoms with van der Waals surface area (Å²) in [6.07, 6.45) is 1.35. The van der Waals surface area contributed by atoms with Crippen molar-refractivity contribution < 1.29 is 13.5 Å². The van der Waals surface area contributed by atoms with Gasteiger partial charge in [0.25, 0.3) is 0 Å². The molecule has 0 amide bonds. The molecule has 106 valence electrons. The molecule has 0 aliphatic rings. The zero-order valence-corrected chi connectivity index (χ0v) is 12.3. The van der Waals surface area contributed by atoms with Crippen LogP contribution in [0.1, 0.15) is 5.56 Å². The molecule has 7 heteroatoms. The topological polar surface area (TPSA) is 70.5 Å². The normalized spacial score (nSPS) is 11.8. The Bertz CT molecular complexity index is 702. The Morgan fingerprint density at radius 1 is 1.25 bits per heavy atom. The van der Waals surface area contributed by atoms with Crippen LogP contribution >= 0.6 is 11.6 Å². The van der Waals surface area contributed by atoms with E-state index in [9.17, 15) is 13.5 Å². The number of pyridine rings is 1. The van der Waals surface area contributed by atoms with Crippen LogP contribution in [-0.2, 0) is 16.6 Å². The molecule has 0 atom stereocenters. The van der Waals surface area contributed by atoms with E-state index in [0.717, 1.165) is 5.56 Å². The van der Waals surface area contributed by atoms with Gasteiger partial charge in [-0.05, 0) is 29.8 Å². The molecule has 2 rings (SSSR count). The van der Waals surface area contributed by atoms with E-state index in [4.69, 9.17) is 11.6 Å². The molecule has 0 spiro atoms. The van der Waals surface area contributed by atoms with Crippen molar-refractivity contribution in [2.45, 2.75) is 11.4 Å². The van der Waals surface area contributed by atoms with E-state index in [2.05, 4.69) is 4.98 Å². The van der Waals surface area contributed by atoms with Crippen LogP contribution in [0.3, 0.4) is 0 Å². The number of hydrogen-bond donors (Lipinski definition) is 1. The highest BCUT2D eigenvalue weighted by Crippen LogP contribution is 2.19. The van der Waals surface area contributed by atoms with Crippen molar-refractivity contribution in [3.8, 4) is 5.75 Å². The lowest BCUT2D eigenvalue weighted by Crippen LogP contribution is -2.26.